The summed E-state index contributed by atoms with van der Waals surface area (Å²) in [7, 11) is 0. The van der Waals surface area contributed by atoms with Gasteiger partial charge in [-0.2, -0.15) is 0 Å². The Morgan fingerprint density at radius 3 is 2.32 bits per heavy atom. The smallest absolute Gasteiger partial charge is 0.243 e. The first-order valence-corrected chi connectivity index (χ1v) is 9.23. The van der Waals surface area contributed by atoms with E-state index >= 15 is 0 Å². The average molecular weight is 385 g/mol. The van der Waals surface area contributed by atoms with Crippen molar-refractivity contribution in [2.75, 3.05) is 18.5 Å². The fraction of sp³-hybridized carbons (Fsp3) is 0.333. The minimum Gasteiger partial charge on any atom is -0.494 e. The SMILES string of the molecule is CCOc1ccc(Oc2ccccc2NC(=O)CNC(=O)[C@@H](N)C(C)C)cc1. The van der Waals surface area contributed by atoms with Crippen LogP contribution in [-0.2, 0) is 9.59 Å². The number of para-hydroxylation sites is 2. The maximum Gasteiger partial charge on any atom is 0.243 e. The van der Waals surface area contributed by atoms with Gasteiger partial charge in [-0.25, -0.2) is 0 Å². The molecule has 28 heavy (non-hydrogen) atoms. The molecular formula is C21H27N3O4. The molecule has 7 heteroatoms. The standard InChI is InChI=1S/C21H27N3O4/c1-4-27-15-9-11-16(12-10-15)28-18-8-6-5-7-17(18)24-19(25)13-23-21(26)20(22)14(2)3/h5-12,14,20H,4,13,22H2,1-3H3,(H,23,26)(H,24,25)/t20-/m0/s1. The van der Waals surface area contributed by atoms with Gasteiger partial charge >= 0.3 is 0 Å². The van der Waals surface area contributed by atoms with E-state index in [0.717, 1.165) is 5.75 Å². The molecule has 0 unspecified atom stereocenters. The van der Waals surface area contributed by atoms with Gasteiger partial charge in [0.05, 0.1) is 24.9 Å². The lowest BCUT2D eigenvalue weighted by atomic mass is 10.1. The van der Waals surface area contributed by atoms with Gasteiger partial charge in [-0.1, -0.05) is 26.0 Å². The van der Waals surface area contributed by atoms with Gasteiger partial charge in [-0.3, -0.25) is 9.59 Å². The van der Waals surface area contributed by atoms with Crippen molar-refractivity contribution in [3.8, 4) is 17.2 Å². The van der Waals surface area contributed by atoms with Gasteiger partial charge in [-0.15, -0.1) is 0 Å². The highest BCUT2D eigenvalue weighted by molar-refractivity contribution is 5.96. The zero-order valence-electron chi connectivity index (χ0n) is 16.4. The molecule has 0 aromatic heterocycles. The third-order valence-electron chi connectivity index (χ3n) is 3.97. The van der Waals surface area contributed by atoms with Crippen LogP contribution in [0.25, 0.3) is 0 Å². The van der Waals surface area contributed by atoms with E-state index in [9.17, 15) is 9.59 Å². The molecule has 4 N–H and O–H groups in total. The van der Waals surface area contributed by atoms with Gasteiger partial charge < -0.3 is 25.8 Å². The number of carbonyl (C=O) groups is 2. The largest absolute Gasteiger partial charge is 0.494 e. The highest BCUT2D eigenvalue weighted by atomic mass is 16.5. The van der Waals surface area contributed by atoms with Crippen LogP contribution in [0.1, 0.15) is 20.8 Å². The topological polar surface area (TPSA) is 103 Å². The van der Waals surface area contributed by atoms with Gasteiger partial charge in [0, 0.05) is 0 Å². The van der Waals surface area contributed by atoms with Crippen molar-refractivity contribution in [3.63, 3.8) is 0 Å². The Hall–Kier alpha value is -3.06. The lowest BCUT2D eigenvalue weighted by molar-refractivity contribution is -0.125. The van der Waals surface area contributed by atoms with Crippen LogP contribution in [0.15, 0.2) is 48.5 Å². The average Bonchev–Trinajstić information content (AvgIpc) is 2.68. The maximum atomic E-state index is 12.2. The molecule has 0 spiro atoms. The predicted molar refractivity (Wildman–Crippen MR) is 109 cm³/mol. The summed E-state index contributed by atoms with van der Waals surface area (Å²) in [6.07, 6.45) is 0. The van der Waals surface area contributed by atoms with Gasteiger partial charge in [-0.05, 0) is 49.2 Å². The highest BCUT2D eigenvalue weighted by Crippen LogP contribution is 2.30. The molecule has 0 aliphatic carbocycles. The van der Waals surface area contributed by atoms with E-state index in [1.165, 1.54) is 0 Å². The molecule has 2 aromatic carbocycles. The van der Waals surface area contributed by atoms with Crippen LogP contribution in [0.5, 0.6) is 17.2 Å². The second-order valence-corrected chi connectivity index (χ2v) is 6.54. The van der Waals surface area contributed by atoms with Gasteiger partial charge in [0.15, 0.2) is 5.75 Å². The molecule has 0 saturated heterocycles. The quantitative estimate of drug-likeness (QED) is 0.616. The Balaban J connectivity index is 1.97. The lowest BCUT2D eigenvalue weighted by Crippen LogP contribution is -2.46. The van der Waals surface area contributed by atoms with Crippen LogP contribution in [0.2, 0.25) is 0 Å². The molecule has 2 aromatic rings. The third-order valence-corrected chi connectivity index (χ3v) is 3.97. The molecule has 0 fully saturated rings. The van der Waals surface area contributed by atoms with Crippen molar-refractivity contribution in [2.45, 2.75) is 26.8 Å². The monoisotopic (exact) mass is 385 g/mol. The van der Waals surface area contributed by atoms with Crippen molar-refractivity contribution in [2.24, 2.45) is 11.7 Å². The first-order chi connectivity index (χ1) is 13.4. The Kier molecular flexibility index (Phi) is 7.83. The summed E-state index contributed by atoms with van der Waals surface area (Å²) in [4.78, 5) is 24.1. The molecule has 7 nitrogen and oxygen atoms in total. The molecule has 0 heterocycles. The van der Waals surface area contributed by atoms with Crippen LogP contribution in [0, 0.1) is 5.92 Å². The van der Waals surface area contributed by atoms with Crippen molar-refractivity contribution >= 4 is 17.5 Å². The second kappa shape index (κ2) is 10.3. The van der Waals surface area contributed by atoms with E-state index in [1.807, 2.05) is 39.0 Å². The Labute approximate surface area is 165 Å². The first kappa shape index (κ1) is 21.2. The fourth-order valence-electron chi connectivity index (χ4n) is 2.34. The summed E-state index contributed by atoms with van der Waals surface area (Å²) in [5, 5.41) is 5.28. The fourth-order valence-corrected chi connectivity index (χ4v) is 2.34. The summed E-state index contributed by atoms with van der Waals surface area (Å²) < 4.78 is 11.3. The molecule has 0 aliphatic heterocycles. The van der Waals surface area contributed by atoms with Crippen LogP contribution < -0.4 is 25.8 Å². The molecular weight excluding hydrogens is 358 g/mol. The van der Waals surface area contributed by atoms with E-state index in [-0.39, 0.29) is 24.3 Å². The molecule has 0 radical (unpaired) electrons. The van der Waals surface area contributed by atoms with Crippen molar-refractivity contribution in [1.29, 1.82) is 0 Å². The summed E-state index contributed by atoms with van der Waals surface area (Å²) >= 11 is 0. The van der Waals surface area contributed by atoms with E-state index in [0.29, 0.717) is 23.8 Å². The van der Waals surface area contributed by atoms with E-state index in [4.69, 9.17) is 15.2 Å². The van der Waals surface area contributed by atoms with Gasteiger partial charge in [0.25, 0.3) is 0 Å². The number of hydrogen-bond acceptors (Lipinski definition) is 5. The Morgan fingerprint density at radius 1 is 1.04 bits per heavy atom. The number of rotatable bonds is 9. The number of carbonyl (C=O) groups excluding carboxylic acids is 2. The van der Waals surface area contributed by atoms with Crippen molar-refractivity contribution in [1.82, 2.24) is 5.32 Å². The zero-order valence-corrected chi connectivity index (χ0v) is 16.4. The van der Waals surface area contributed by atoms with Crippen molar-refractivity contribution < 1.29 is 19.1 Å². The van der Waals surface area contributed by atoms with E-state index in [1.54, 1.807) is 30.3 Å². The number of nitrogens with two attached hydrogens (primary N) is 1. The lowest BCUT2D eigenvalue weighted by Gasteiger charge is -2.16. The van der Waals surface area contributed by atoms with Crippen LogP contribution in [-0.4, -0.2) is 31.0 Å². The summed E-state index contributed by atoms with van der Waals surface area (Å²) in [6.45, 7) is 6.03. The van der Waals surface area contributed by atoms with Gasteiger partial charge in [0.2, 0.25) is 11.8 Å². The summed E-state index contributed by atoms with van der Waals surface area (Å²) in [5.41, 5.74) is 6.27. The minimum atomic E-state index is -0.650. The second-order valence-electron chi connectivity index (χ2n) is 6.54. The number of anilines is 1. The normalized spacial score (nSPS) is 11.6. The Morgan fingerprint density at radius 2 is 1.68 bits per heavy atom. The minimum absolute atomic E-state index is 0.00805. The summed E-state index contributed by atoms with van der Waals surface area (Å²) in [6, 6.07) is 13.6. The number of amides is 2. The molecule has 2 amide bonds. The van der Waals surface area contributed by atoms with Crippen LogP contribution in [0.4, 0.5) is 5.69 Å². The van der Waals surface area contributed by atoms with E-state index < -0.39 is 6.04 Å². The Bertz CT molecular complexity index is 790. The zero-order chi connectivity index (χ0) is 20.5. The summed E-state index contributed by atoms with van der Waals surface area (Å²) in [5.74, 6) is 1.13. The molecule has 1 atom stereocenters. The predicted octanol–water partition coefficient (Wildman–Crippen LogP) is 2.92. The number of nitrogens with one attached hydrogen (secondary N) is 2. The van der Waals surface area contributed by atoms with Crippen molar-refractivity contribution in [3.05, 3.63) is 48.5 Å². The van der Waals surface area contributed by atoms with Crippen LogP contribution in [0.3, 0.4) is 0 Å². The molecule has 150 valence electrons. The number of ether oxygens (including phenoxy) is 2. The highest BCUT2D eigenvalue weighted by Gasteiger charge is 2.18. The molecule has 0 bridgehead atoms. The number of hydrogen-bond donors (Lipinski definition) is 3. The third kappa shape index (κ3) is 6.28. The van der Waals surface area contributed by atoms with Gasteiger partial charge in [0.1, 0.15) is 11.5 Å². The molecule has 0 aliphatic rings. The number of benzene rings is 2. The first-order valence-electron chi connectivity index (χ1n) is 9.23. The maximum absolute atomic E-state index is 12.2. The van der Waals surface area contributed by atoms with E-state index in [2.05, 4.69) is 10.6 Å². The molecule has 2 rings (SSSR count). The van der Waals surface area contributed by atoms with Crippen LogP contribution >= 0.6 is 0 Å². The molecule has 0 saturated carbocycles.